The van der Waals surface area contributed by atoms with Crippen LogP contribution in [0.1, 0.15) is 37.7 Å². The van der Waals surface area contributed by atoms with Crippen molar-refractivity contribution in [3.05, 3.63) is 77.7 Å². The molecule has 47 heavy (non-hydrogen) atoms. The molecule has 2 amide bonds. The second kappa shape index (κ2) is 16.5. The molecular formula is C35H43ClN8O3. The maximum atomic E-state index is 13.7. The number of pyridine rings is 1. The SMILES string of the molecule is CN(C)CCCOc1ccc(-c2cccc(C[C@H](NC(=O)C3CCC(CN)CC3)C(=O)Nc3ccc(-c4n[nH]c(Cl)n4)cc3)c2)cn1. The fourth-order valence-electron chi connectivity index (χ4n) is 5.77. The van der Waals surface area contributed by atoms with E-state index < -0.39 is 6.04 Å². The molecule has 2 aromatic carbocycles. The monoisotopic (exact) mass is 658 g/mol. The van der Waals surface area contributed by atoms with E-state index in [1.165, 1.54) is 0 Å². The number of carbonyl (C=O) groups is 2. The van der Waals surface area contributed by atoms with Gasteiger partial charge in [-0.3, -0.25) is 9.59 Å². The van der Waals surface area contributed by atoms with Crippen molar-refractivity contribution >= 4 is 29.1 Å². The molecule has 0 saturated heterocycles. The Hall–Kier alpha value is -4.32. The van der Waals surface area contributed by atoms with Crippen LogP contribution in [0.15, 0.2) is 66.9 Å². The van der Waals surface area contributed by atoms with Gasteiger partial charge < -0.3 is 26.0 Å². The van der Waals surface area contributed by atoms with Crippen molar-refractivity contribution in [3.8, 4) is 28.4 Å². The van der Waals surface area contributed by atoms with E-state index in [0.29, 0.717) is 42.9 Å². The number of nitrogens with zero attached hydrogens (tertiary/aromatic N) is 4. The zero-order valence-corrected chi connectivity index (χ0v) is 27.7. The Balaban J connectivity index is 1.28. The van der Waals surface area contributed by atoms with Crippen molar-refractivity contribution in [2.75, 3.05) is 39.1 Å². The average molecular weight is 659 g/mol. The molecule has 248 valence electrons. The van der Waals surface area contributed by atoms with Crippen molar-refractivity contribution in [1.82, 2.24) is 30.4 Å². The summed E-state index contributed by atoms with van der Waals surface area (Å²) in [6.07, 6.45) is 6.41. The van der Waals surface area contributed by atoms with Gasteiger partial charge in [-0.05, 0) is 112 Å². The standard InChI is InChI=1S/C35H43ClN8O3/c1-44(2)17-4-18-47-31-16-13-28(22-38-31)27-6-3-5-24(19-27)20-30(40-33(45)26-9-7-23(21-37)8-10-26)34(46)39-29-14-11-25(12-15-29)32-41-35(36)43-42-32/h3,5-6,11-16,19,22-23,26,30H,4,7-10,17-18,20-21,37H2,1-2H3,(H,39,46)(H,40,45)(H,41,42,43)/t23?,26?,30-/m0/s1. The molecule has 1 atom stereocenters. The number of nitrogens with one attached hydrogen (secondary N) is 3. The van der Waals surface area contributed by atoms with Crippen LogP contribution in [0.25, 0.3) is 22.5 Å². The minimum absolute atomic E-state index is 0.0982. The lowest BCUT2D eigenvalue weighted by atomic mass is 9.81. The van der Waals surface area contributed by atoms with E-state index in [-0.39, 0.29) is 23.0 Å². The highest BCUT2D eigenvalue weighted by Crippen LogP contribution is 2.29. The summed E-state index contributed by atoms with van der Waals surface area (Å²) in [5.74, 6) is 0.960. The Morgan fingerprint density at radius 2 is 1.81 bits per heavy atom. The van der Waals surface area contributed by atoms with Crippen molar-refractivity contribution in [1.29, 1.82) is 0 Å². The molecule has 1 saturated carbocycles. The molecule has 5 N–H and O–H groups in total. The number of amides is 2. The predicted molar refractivity (Wildman–Crippen MR) is 184 cm³/mol. The van der Waals surface area contributed by atoms with Gasteiger partial charge in [-0.2, -0.15) is 10.1 Å². The van der Waals surface area contributed by atoms with Crippen molar-refractivity contribution in [2.45, 2.75) is 44.6 Å². The number of nitrogens with two attached hydrogens (primary N) is 1. The second-order valence-corrected chi connectivity index (χ2v) is 12.7. The Morgan fingerprint density at radius 1 is 1.04 bits per heavy atom. The summed E-state index contributed by atoms with van der Waals surface area (Å²) in [4.78, 5) is 37.9. The van der Waals surface area contributed by atoms with Crippen molar-refractivity contribution in [2.24, 2.45) is 17.6 Å². The first kappa shape index (κ1) is 34.0. The smallest absolute Gasteiger partial charge is 0.247 e. The van der Waals surface area contributed by atoms with Gasteiger partial charge in [-0.25, -0.2) is 10.1 Å². The van der Waals surface area contributed by atoms with Crippen LogP contribution in [-0.2, 0) is 16.0 Å². The lowest BCUT2D eigenvalue weighted by molar-refractivity contribution is -0.130. The summed E-state index contributed by atoms with van der Waals surface area (Å²) >= 11 is 5.87. The lowest BCUT2D eigenvalue weighted by Gasteiger charge is -2.28. The lowest BCUT2D eigenvalue weighted by Crippen LogP contribution is -2.48. The van der Waals surface area contributed by atoms with E-state index >= 15 is 0 Å². The molecule has 11 nitrogen and oxygen atoms in total. The highest BCUT2D eigenvalue weighted by Gasteiger charge is 2.29. The summed E-state index contributed by atoms with van der Waals surface area (Å²) in [6.45, 7) is 2.19. The van der Waals surface area contributed by atoms with Gasteiger partial charge >= 0.3 is 0 Å². The number of rotatable bonds is 14. The molecule has 4 aromatic rings. The van der Waals surface area contributed by atoms with Gasteiger partial charge in [0.05, 0.1) is 6.61 Å². The highest BCUT2D eigenvalue weighted by atomic mass is 35.5. The summed E-state index contributed by atoms with van der Waals surface area (Å²) in [6, 6.07) is 18.2. The highest BCUT2D eigenvalue weighted by molar-refractivity contribution is 6.28. The molecule has 1 aliphatic rings. The van der Waals surface area contributed by atoms with Gasteiger partial charge in [-0.1, -0.05) is 24.3 Å². The molecular weight excluding hydrogens is 616 g/mol. The number of aromatic nitrogens is 4. The van der Waals surface area contributed by atoms with Crippen LogP contribution in [0, 0.1) is 11.8 Å². The maximum absolute atomic E-state index is 13.7. The van der Waals surface area contributed by atoms with Crippen LogP contribution >= 0.6 is 11.6 Å². The van der Waals surface area contributed by atoms with Gasteiger partial charge in [0.25, 0.3) is 0 Å². The number of hydrogen-bond donors (Lipinski definition) is 4. The van der Waals surface area contributed by atoms with Gasteiger partial charge in [0.2, 0.25) is 23.0 Å². The van der Waals surface area contributed by atoms with E-state index in [1.807, 2.05) is 50.5 Å². The van der Waals surface area contributed by atoms with E-state index in [9.17, 15) is 9.59 Å². The normalized spacial score (nSPS) is 16.9. The third-order valence-corrected chi connectivity index (χ3v) is 8.66. The van der Waals surface area contributed by atoms with E-state index in [0.717, 1.165) is 60.9 Å². The fraction of sp³-hybridized carbons (Fsp3) is 0.400. The molecule has 1 aliphatic carbocycles. The molecule has 0 spiro atoms. The van der Waals surface area contributed by atoms with Crippen LogP contribution in [0.2, 0.25) is 5.28 Å². The zero-order chi connectivity index (χ0) is 33.2. The average Bonchev–Trinajstić information content (AvgIpc) is 3.53. The number of carbonyl (C=O) groups excluding carboxylic acids is 2. The number of aromatic amines is 1. The quantitative estimate of drug-likeness (QED) is 0.139. The zero-order valence-electron chi connectivity index (χ0n) is 26.9. The van der Waals surface area contributed by atoms with Crippen LogP contribution in [-0.4, -0.2) is 76.7 Å². The Morgan fingerprint density at radius 3 is 2.47 bits per heavy atom. The Bertz CT molecular complexity index is 1600. The second-order valence-electron chi connectivity index (χ2n) is 12.3. The topological polar surface area (TPSA) is 151 Å². The summed E-state index contributed by atoms with van der Waals surface area (Å²) in [7, 11) is 4.07. The van der Waals surface area contributed by atoms with Crippen LogP contribution in [0.3, 0.4) is 0 Å². The summed E-state index contributed by atoms with van der Waals surface area (Å²) in [5.41, 5.74) is 10.0. The maximum Gasteiger partial charge on any atom is 0.247 e. The molecule has 0 bridgehead atoms. The number of ether oxygens (including phenoxy) is 1. The van der Waals surface area contributed by atoms with E-state index in [1.54, 1.807) is 30.5 Å². The minimum atomic E-state index is -0.785. The number of anilines is 1. The minimum Gasteiger partial charge on any atom is -0.478 e. The molecule has 1 fully saturated rings. The van der Waals surface area contributed by atoms with Crippen LogP contribution in [0.5, 0.6) is 5.88 Å². The number of benzene rings is 2. The molecule has 0 aliphatic heterocycles. The molecule has 2 aromatic heterocycles. The third-order valence-electron chi connectivity index (χ3n) is 8.49. The van der Waals surface area contributed by atoms with Gasteiger partial charge in [0.15, 0.2) is 5.82 Å². The van der Waals surface area contributed by atoms with Crippen molar-refractivity contribution < 1.29 is 14.3 Å². The van der Waals surface area contributed by atoms with E-state index in [4.69, 9.17) is 22.1 Å². The van der Waals surface area contributed by atoms with Crippen molar-refractivity contribution in [3.63, 3.8) is 0 Å². The van der Waals surface area contributed by atoms with Gasteiger partial charge in [0, 0.05) is 48.0 Å². The molecule has 12 heteroatoms. The first-order valence-electron chi connectivity index (χ1n) is 16.1. The number of halogens is 1. The summed E-state index contributed by atoms with van der Waals surface area (Å²) < 4.78 is 5.79. The largest absolute Gasteiger partial charge is 0.478 e. The molecule has 2 heterocycles. The van der Waals surface area contributed by atoms with Crippen LogP contribution < -0.4 is 21.1 Å². The van der Waals surface area contributed by atoms with Gasteiger partial charge in [-0.15, -0.1) is 0 Å². The first-order valence-corrected chi connectivity index (χ1v) is 16.5. The number of H-pyrrole nitrogens is 1. The molecule has 0 radical (unpaired) electrons. The third kappa shape index (κ3) is 9.84. The molecule has 5 rings (SSSR count). The Kier molecular flexibility index (Phi) is 11.9. The predicted octanol–water partition coefficient (Wildman–Crippen LogP) is 4.95. The summed E-state index contributed by atoms with van der Waals surface area (Å²) in [5, 5.41) is 12.9. The number of hydrogen-bond acceptors (Lipinski definition) is 8. The van der Waals surface area contributed by atoms with E-state index in [2.05, 4.69) is 35.7 Å². The fourth-order valence-corrected chi connectivity index (χ4v) is 5.89. The molecule has 0 unspecified atom stereocenters. The Labute approximate surface area is 280 Å². The van der Waals surface area contributed by atoms with Crippen LogP contribution in [0.4, 0.5) is 5.69 Å². The first-order chi connectivity index (χ1) is 22.8. The van der Waals surface area contributed by atoms with Gasteiger partial charge in [0.1, 0.15) is 6.04 Å².